The van der Waals surface area contributed by atoms with Crippen LogP contribution in [0.25, 0.3) is 0 Å². The lowest BCUT2D eigenvalue weighted by molar-refractivity contribution is 0.238. The summed E-state index contributed by atoms with van der Waals surface area (Å²) in [5.41, 5.74) is 6.02. The van der Waals surface area contributed by atoms with E-state index in [1.807, 2.05) is 11.9 Å². The molecule has 1 atom stereocenters. The highest BCUT2D eigenvalue weighted by molar-refractivity contribution is 5.23. The Hall–Kier alpha value is -1.07. The number of likely N-dealkylation sites (N-methyl/N-ethyl adjacent to an activating group) is 1. The molecular formula is C12H15F3N2. The van der Waals surface area contributed by atoms with Crippen LogP contribution in [0.2, 0.25) is 0 Å². The van der Waals surface area contributed by atoms with Crippen molar-refractivity contribution in [1.29, 1.82) is 0 Å². The molecule has 0 aromatic heterocycles. The normalized spacial score (nSPS) is 17.5. The van der Waals surface area contributed by atoms with Gasteiger partial charge in [0.15, 0.2) is 17.5 Å². The smallest absolute Gasteiger partial charge is 0.194 e. The van der Waals surface area contributed by atoms with E-state index in [2.05, 4.69) is 0 Å². The standard InChI is InChI=1S/C12H15F3N2/c1-17(8-2-3-8)11(6-16)7-4-9(13)12(15)10(14)5-7/h4-5,8,11H,2-3,6,16H2,1H3. The predicted octanol–water partition coefficient (Wildman–Crippen LogP) is 2.20. The minimum Gasteiger partial charge on any atom is -0.329 e. The van der Waals surface area contributed by atoms with E-state index in [4.69, 9.17) is 5.73 Å². The highest BCUT2D eigenvalue weighted by Gasteiger charge is 2.31. The SMILES string of the molecule is CN(C1CC1)C(CN)c1cc(F)c(F)c(F)c1. The molecule has 0 aliphatic heterocycles. The molecule has 0 amide bonds. The van der Waals surface area contributed by atoms with E-state index in [1.165, 1.54) is 0 Å². The lowest BCUT2D eigenvalue weighted by Gasteiger charge is -2.27. The minimum absolute atomic E-state index is 0.248. The third-order valence-electron chi connectivity index (χ3n) is 3.23. The van der Waals surface area contributed by atoms with Crippen molar-refractivity contribution in [3.05, 3.63) is 35.1 Å². The second kappa shape index (κ2) is 4.66. The molecular weight excluding hydrogens is 229 g/mol. The maximum Gasteiger partial charge on any atom is 0.194 e. The van der Waals surface area contributed by atoms with Crippen molar-refractivity contribution in [2.75, 3.05) is 13.6 Å². The Labute approximate surface area is 98.2 Å². The van der Waals surface area contributed by atoms with E-state index in [9.17, 15) is 13.2 Å². The molecule has 0 saturated heterocycles. The van der Waals surface area contributed by atoms with Crippen LogP contribution >= 0.6 is 0 Å². The van der Waals surface area contributed by atoms with Gasteiger partial charge in [0, 0.05) is 18.6 Å². The Bertz CT molecular complexity index is 395. The fraction of sp³-hybridized carbons (Fsp3) is 0.500. The number of nitrogens with two attached hydrogens (primary N) is 1. The number of hydrogen-bond donors (Lipinski definition) is 1. The number of nitrogens with zero attached hydrogens (tertiary/aromatic N) is 1. The molecule has 0 spiro atoms. The summed E-state index contributed by atoms with van der Waals surface area (Å²) in [4.78, 5) is 1.99. The van der Waals surface area contributed by atoms with Crippen LogP contribution in [0.3, 0.4) is 0 Å². The Balaban J connectivity index is 2.30. The van der Waals surface area contributed by atoms with Gasteiger partial charge < -0.3 is 5.73 Å². The van der Waals surface area contributed by atoms with E-state index in [0.29, 0.717) is 11.6 Å². The summed E-state index contributed by atoms with van der Waals surface area (Å²) in [6.07, 6.45) is 2.14. The van der Waals surface area contributed by atoms with E-state index >= 15 is 0 Å². The third-order valence-corrected chi connectivity index (χ3v) is 3.23. The first-order valence-corrected chi connectivity index (χ1v) is 5.61. The van der Waals surface area contributed by atoms with Gasteiger partial charge in [-0.05, 0) is 37.6 Å². The molecule has 5 heteroatoms. The molecule has 1 aromatic rings. The Morgan fingerprint density at radius 2 is 1.82 bits per heavy atom. The van der Waals surface area contributed by atoms with Gasteiger partial charge in [-0.2, -0.15) is 0 Å². The summed E-state index contributed by atoms with van der Waals surface area (Å²) in [5.74, 6) is -3.76. The topological polar surface area (TPSA) is 29.3 Å². The van der Waals surface area contributed by atoms with E-state index < -0.39 is 17.5 Å². The molecule has 1 aliphatic carbocycles. The number of benzene rings is 1. The van der Waals surface area contributed by atoms with Crippen LogP contribution < -0.4 is 5.73 Å². The maximum atomic E-state index is 13.1. The van der Waals surface area contributed by atoms with Gasteiger partial charge in [0.05, 0.1) is 0 Å². The van der Waals surface area contributed by atoms with Crippen molar-refractivity contribution in [1.82, 2.24) is 4.90 Å². The van der Waals surface area contributed by atoms with Crippen molar-refractivity contribution < 1.29 is 13.2 Å². The monoisotopic (exact) mass is 244 g/mol. The largest absolute Gasteiger partial charge is 0.329 e. The van der Waals surface area contributed by atoms with Crippen molar-refractivity contribution >= 4 is 0 Å². The molecule has 1 unspecified atom stereocenters. The lowest BCUT2D eigenvalue weighted by atomic mass is 10.0. The Kier molecular flexibility index (Phi) is 3.40. The quantitative estimate of drug-likeness (QED) is 0.823. The maximum absolute atomic E-state index is 13.1. The average Bonchev–Trinajstić information content (AvgIpc) is 3.10. The van der Waals surface area contributed by atoms with E-state index in [1.54, 1.807) is 0 Å². The zero-order valence-electron chi connectivity index (χ0n) is 9.59. The second-order valence-corrected chi connectivity index (χ2v) is 4.45. The van der Waals surface area contributed by atoms with Crippen LogP contribution in [0, 0.1) is 17.5 Å². The number of rotatable bonds is 4. The molecule has 1 aromatic carbocycles. The average molecular weight is 244 g/mol. The zero-order valence-corrected chi connectivity index (χ0v) is 9.59. The van der Waals surface area contributed by atoms with Crippen LogP contribution in [-0.4, -0.2) is 24.5 Å². The van der Waals surface area contributed by atoms with Crippen LogP contribution in [-0.2, 0) is 0 Å². The van der Waals surface area contributed by atoms with Gasteiger partial charge in [-0.1, -0.05) is 0 Å². The molecule has 1 saturated carbocycles. The van der Waals surface area contributed by atoms with Gasteiger partial charge in [-0.3, -0.25) is 4.90 Å². The molecule has 1 fully saturated rings. The molecule has 1 aliphatic rings. The molecule has 2 rings (SSSR count). The molecule has 0 bridgehead atoms. The van der Waals surface area contributed by atoms with Gasteiger partial charge in [0.25, 0.3) is 0 Å². The summed E-state index contributed by atoms with van der Waals surface area (Å²) in [6, 6.07) is 2.19. The van der Waals surface area contributed by atoms with Gasteiger partial charge in [-0.25, -0.2) is 13.2 Å². The van der Waals surface area contributed by atoms with Crippen LogP contribution in [0.5, 0.6) is 0 Å². The molecule has 17 heavy (non-hydrogen) atoms. The summed E-state index contributed by atoms with van der Waals surface area (Å²) in [7, 11) is 1.87. The summed E-state index contributed by atoms with van der Waals surface area (Å²) >= 11 is 0. The zero-order chi connectivity index (χ0) is 12.6. The van der Waals surface area contributed by atoms with Gasteiger partial charge in [0.1, 0.15) is 0 Å². The third kappa shape index (κ3) is 2.45. The first kappa shape index (κ1) is 12.4. The van der Waals surface area contributed by atoms with Crippen molar-refractivity contribution in [2.24, 2.45) is 5.73 Å². The fourth-order valence-electron chi connectivity index (χ4n) is 2.04. The minimum atomic E-state index is -1.43. The molecule has 94 valence electrons. The van der Waals surface area contributed by atoms with E-state index in [0.717, 1.165) is 25.0 Å². The van der Waals surface area contributed by atoms with Crippen molar-refractivity contribution in [3.8, 4) is 0 Å². The van der Waals surface area contributed by atoms with Gasteiger partial charge >= 0.3 is 0 Å². The van der Waals surface area contributed by atoms with Crippen LogP contribution in [0.1, 0.15) is 24.4 Å². The molecule has 2 nitrogen and oxygen atoms in total. The predicted molar refractivity (Wildman–Crippen MR) is 58.9 cm³/mol. The summed E-state index contributed by atoms with van der Waals surface area (Å²) < 4.78 is 39.1. The fourth-order valence-corrected chi connectivity index (χ4v) is 2.04. The van der Waals surface area contributed by atoms with E-state index in [-0.39, 0.29) is 12.6 Å². The highest BCUT2D eigenvalue weighted by Crippen LogP contribution is 2.33. The molecule has 0 radical (unpaired) electrons. The second-order valence-electron chi connectivity index (χ2n) is 4.45. The highest BCUT2D eigenvalue weighted by atomic mass is 19.2. The Morgan fingerprint density at radius 1 is 1.29 bits per heavy atom. The van der Waals surface area contributed by atoms with Crippen molar-refractivity contribution in [3.63, 3.8) is 0 Å². The summed E-state index contributed by atoms with van der Waals surface area (Å²) in [5, 5.41) is 0. The number of halogens is 3. The molecule has 2 N–H and O–H groups in total. The first-order chi connectivity index (χ1) is 8.04. The lowest BCUT2D eigenvalue weighted by Crippen LogP contribution is -2.32. The van der Waals surface area contributed by atoms with Crippen LogP contribution in [0.15, 0.2) is 12.1 Å². The summed E-state index contributed by atoms with van der Waals surface area (Å²) in [6.45, 7) is 0.248. The number of hydrogen-bond acceptors (Lipinski definition) is 2. The first-order valence-electron chi connectivity index (χ1n) is 5.61. The van der Waals surface area contributed by atoms with Gasteiger partial charge in [-0.15, -0.1) is 0 Å². The Morgan fingerprint density at radius 3 is 2.24 bits per heavy atom. The molecule has 0 heterocycles. The van der Waals surface area contributed by atoms with Crippen LogP contribution in [0.4, 0.5) is 13.2 Å². The van der Waals surface area contributed by atoms with Crippen molar-refractivity contribution in [2.45, 2.75) is 24.9 Å². The van der Waals surface area contributed by atoms with Gasteiger partial charge in [0.2, 0.25) is 0 Å².